The van der Waals surface area contributed by atoms with Crippen LogP contribution in [0.4, 0.5) is 0 Å². The third-order valence-corrected chi connectivity index (χ3v) is 3.40. The Morgan fingerprint density at radius 2 is 2.33 bits per heavy atom. The maximum absolute atomic E-state index is 11.7. The molecule has 1 aromatic heterocycles. The second kappa shape index (κ2) is 5.85. The van der Waals surface area contributed by atoms with Crippen LogP contribution in [0, 0.1) is 5.92 Å². The van der Waals surface area contributed by atoms with Gasteiger partial charge in [0.25, 0.3) is 5.91 Å². The molecule has 1 aromatic rings. The molecule has 1 rings (SSSR count). The number of nitrogens with one attached hydrogen (secondary N) is 1. The van der Waals surface area contributed by atoms with E-state index in [9.17, 15) is 4.79 Å². The van der Waals surface area contributed by atoms with Crippen molar-refractivity contribution in [3.63, 3.8) is 0 Å². The zero-order valence-electron chi connectivity index (χ0n) is 8.90. The topological polar surface area (TPSA) is 42.0 Å². The highest BCUT2D eigenvalue weighted by molar-refractivity contribution is 9.09. The fraction of sp³-hybridized carbons (Fsp3) is 0.455. The summed E-state index contributed by atoms with van der Waals surface area (Å²) in [4.78, 5) is 15.6. The van der Waals surface area contributed by atoms with E-state index in [1.54, 1.807) is 24.5 Å². The number of halogens is 1. The highest BCUT2D eigenvalue weighted by atomic mass is 79.9. The van der Waals surface area contributed by atoms with E-state index >= 15 is 0 Å². The maximum Gasteiger partial charge on any atom is 0.253 e. The molecule has 15 heavy (non-hydrogen) atoms. The summed E-state index contributed by atoms with van der Waals surface area (Å²) in [5.74, 6) is 0.342. The van der Waals surface area contributed by atoms with Crippen molar-refractivity contribution in [1.82, 2.24) is 10.3 Å². The second-order valence-electron chi connectivity index (χ2n) is 3.64. The predicted octanol–water partition coefficient (Wildman–Crippen LogP) is 2.23. The summed E-state index contributed by atoms with van der Waals surface area (Å²) in [5.41, 5.74) is 0.603. The van der Waals surface area contributed by atoms with Crippen LogP contribution in [-0.4, -0.2) is 22.3 Å². The minimum atomic E-state index is -0.0663. The van der Waals surface area contributed by atoms with Gasteiger partial charge in [0, 0.05) is 23.8 Å². The zero-order chi connectivity index (χ0) is 11.3. The summed E-state index contributed by atoms with van der Waals surface area (Å²) in [6.07, 6.45) is 3.22. The fourth-order valence-corrected chi connectivity index (χ4v) is 1.62. The number of hydrogen-bond acceptors (Lipinski definition) is 2. The average molecular weight is 271 g/mol. The smallest absolute Gasteiger partial charge is 0.253 e. The number of aromatic nitrogens is 1. The van der Waals surface area contributed by atoms with Gasteiger partial charge in [-0.15, -0.1) is 0 Å². The monoisotopic (exact) mass is 270 g/mol. The summed E-state index contributed by atoms with van der Waals surface area (Å²) in [6, 6.07) is 3.67. The quantitative estimate of drug-likeness (QED) is 0.853. The molecule has 2 atom stereocenters. The molecular weight excluding hydrogens is 256 g/mol. The van der Waals surface area contributed by atoms with Gasteiger partial charge in [0.15, 0.2) is 0 Å². The van der Waals surface area contributed by atoms with Crippen LogP contribution in [0.5, 0.6) is 0 Å². The molecule has 1 N–H and O–H groups in total. The van der Waals surface area contributed by atoms with Gasteiger partial charge < -0.3 is 5.32 Å². The molecule has 1 amide bonds. The molecule has 0 bridgehead atoms. The molecule has 0 saturated carbocycles. The Morgan fingerprint density at radius 1 is 1.60 bits per heavy atom. The highest BCUT2D eigenvalue weighted by Crippen LogP contribution is 2.07. The molecule has 0 spiro atoms. The van der Waals surface area contributed by atoms with Crippen molar-refractivity contribution in [1.29, 1.82) is 0 Å². The number of amides is 1. The van der Waals surface area contributed by atoms with Crippen LogP contribution in [0.3, 0.4) is 0 Å². The summed E-state index contributed by atoms with van der Waals surface area (Å²) >= 11 is 3.40. The molecule has 1 heterocycles. The third kappa shape index (κ3) is 3.63. The average Bonchev–Trinajstić information content (AvgIpc) is 2.29. The predicted molar refractivity (Wildman–Crippen MR) is 64.1 cm³/mol. The molecule has 0 aliphatic carbocycles. The number of nitrogens with zero attached hydrogens (tertiary/aromatic N) is 1. The number of rotatable bonds is 4. The Hall–Kier alpha value is -0.900. The lowest BCUT2D eigenvalue weighted by atomic mass is 10.1. The van der Waals surface area contributed by atoms with E-state index < -0.39 is 0 Å². The van der Waals surface area contributed by atoms with E-state index in [-0.39, 0.29) is 11.9 Å². The van der Waals surface area contributed by atoms with Gasteiger partial charge in [0.05, 0.1) is 5.56 Å². The van der Waals surface area contributed by atoms with Crippen molar-refractivity contribution in [2.24, 2.45) is 5.92 Å². The van der Waals surface area contributed by atoms with Gasteiger partial charge in [-0.05, 0) is 25.0 Å². The van der Waals surface area contributed by atoms with Crippen molar-refractivity contribution in [3.8, 4) is 0 Å². The minimum absolute atomic E-state index is 0.0663. The molecular formula is C11H15BrN2O. The number of pyridine rings is 1. The van der Waals surface area contributed by atoms with E-state index in [0.717, 1.165) is 5.33 Å². The van der Waals surface area contributed by atoms with Crippen LogP contribution in [-0.2, 0) is 0 Å². The van der Waals surface area contributed by atoms with Gasteiger partial charge in [-0.1, -0.05) is 22.9 Å². The lowest BCUT2D eigenvalue weighted by Crippen LogP contribution is -2.37. The Labute approximate surface area is 98.4 Å². The second-order valence-corrected chi connectivity index (χ2v) is 4.28. The van der Waals surface area contributed by atoms with Crippen molar-refractivity contribution in [2.75, 3.05) is 5.33 Å². The van der Waals surface area contributed by atoms with Gasteiger partial charge >= 0.3 is 0 Å². The van der Waals surface area contributed by atoms with Gasteiger partial charge in [-0.2, -0.15) is 0 Å². The highest BCUT2D eigenvalue weighted by Gasteiger charge is 2.14. The van der Waals surface area contributed by atoms with Crippen molar-refractivity contribution >= 4 is 21.8 Å². The number of hydrogen-bond donors (Lipinski definition) is 1. The van der Waals surface area contributed by atoms with Crippen LogP contribution in [0.25, 0.3) is 0 Å². The first-order valence-electron chi connectivity index (χ1n) is 4.92. The van der Waals surface area contributed by atoms with E-state index in [4.69, 9.17) is 0 Å². The molecule has 0 aliphatic heterocycles. The fourth-order valence-electron chi connectivity index (χ4n) is 1.06. The van der Waals surface area contributed by atoms with E-state index in [2.05, 4.69) is 33.2 Å². The maximum atomic E-state index is 11.7. The first kappa shape index (κ1) is 12.2. The first-order chi connectivity index (χ1) is 7.15. The van der Waals surface area contributed by atoms with E-state index in [1.165, 1.54) is 0 Å². The van der Waals surface area contributed by atoms with Crippen molar-refractivity contribution in [3.05, 3.63) is 30.1 Å². The Bertz CT molecular complexity index is 316. The van der Waals surface area contributed by atoms with Crippen molar-refractivity contribution in [2.45, 2.75) is 19.9 Å². The summed E-state index contributed by atoms with van der Waals surface area (Å²) in [6.45, 7) is 4.09. The van der Waals surface area contributed by atoms with Gasteiger partial charge in [-0.25, -0.2) is 0 Å². The summed E-state index contributed by atoms with van der Waals surface area (Å²) < 4.78 is 0. The molecule has 0 aliphatic rings. The van der Waals surface area contributed by atoms with E-state index in [1.807, 2.05) is 6.92 Å². The third-order valence-electron chi connectivity index (χ3n) is 2.38. The molecule has 0 fully saturated rings. The number of alkyl halides is 1. The summed E-state index contributed by atoms with van der Waals surface area (Å²) in [7, 11) is 0. The van der Waals surface area contributed by atoms with Crippen LogP contribution in [0.2, 0.25) is 0 Å². The molecule has 3 nitrogen and oxygen atoms in total. The minimum Gasteiger partial charge on any atom is -0.349 e. The summed E-state index contributed by atoms with van der Waals surface area (Å²) in [5, 5.41) is 3.81. The SMILES string of the molecule is CC(CBr)C(C)NC(=O)c1cccnc1. The molecule has 2 unspecified atom stereocenters. The largest absolute Gasteiger partial charge is 0.349 e. The normalized spacial score (nSPS) is 14.3. The van der Waals surface area contributed by atoms with Crippen LogP contribution >= 0.6 is 15.9 Å². The van der Waals surface area contributed by atoms with Gasteiger partial charge in [0.1, 0.15) is 0 Å². The Balaban J connectivity index is 2.57. The molecule has 0 radical (unpaired) electrons. The lowest BCUT2D eigenvalue weighted by Gasteiger charge is -2.19. The number of carbonyl (C=O) groups excluding carboxylic acids is 1. The standard InChI is InChI=1S/C11H15BrN2O/c1-8(6-12)9(2)14-11(15)10-4-3-5-13-7-10/h3-5,7-9H,6H2,1-2H3,(H,14,15). The van der Waals surface area contributed by atoms with E-state index in [0.29, 0.717) is 11.5 Å². The molecule has 4 heteroatoms. The first-order valence-corrected chi connectivity index (χ1v) is 6.04. The zero-order valence-corrected chi connectivity index (χ0v) is 10.5. The van der Waals surface area contributed by atoms with Gasteiger partial charge in [-0.3, -0.25) is 9.78 Å². The molecule has 0 saturated heterocycles. The Kier molecular flexibility index (Phi) is 4.75. The molecule has 0 aromatic carbocycles. The van der Waals surface area contributed by atoms with Crippen LogP contribution in [0.15, 0.2) is 24.5 Å². The Morgan fingerprint density at radius 3 is 2.87 bits per heavy atom. The molecule has 82 valence electrons. The van der Waals surface area contributed by atoms with Gasteiger partial charge in [0.2, 0.25) is 0 Å². The van der Waals surface area contributed by atoms with Crippen molar-refractivity contribution < 1.29 is 4.79 Å². The lowest BCUT2D eigenvalue weighted by molar-refractivity contribution is 0.0931. The van der Waals surface area contributed by atoms with Crippen LogP contribution in [0.1, 0.15) is 24.2 Å². The van der Waals surface area contributed by atoms with Crippen LogP contribution < -0.4 is 5.32 Å². The number of carbonyl (C=O) groups is 1.